The van der Waals surface area contributed by atoms with Crippen molar-refractivity contribution in [2.75, 3.05) is 11.8 Å². The van der Waals surface area contributed by atoms with Crippen LogP contribution in [0.2, 0.25) is 0 Å². The molecule has 0 radical (unpaired) electrons. The lowest BCUT2D eigenvalue weighted by Gasteiger charge is -2.12. The molecule has 0 amide bonds. The molecular formula is C21H18FN5O4S. The van der Waals surface area contributed by atoms with Crippen molar-refractivity contribution in [3.05, 3.63) is 78.9 Å². The first-order valence-electron chi connectivity index (χ1n) is 9.32. The molecule has 2 aromatic carbocycles. The Balaban J connectivity index is 1.51. The highest BCUT2D eigenvalue weighted by molar-refractivity contribution is 7.92. The minimum Gasteiger partial charge on any atom is -0.495 e. The van der Waals surface area contributed by atoms with Gasteiger partial charge in [-0.3, -0.25) is 9.29 Å². The minimum atomic E-state index is -4.07. The summed E-state index contributed by atoms with van der Waals surface area (Å²) < 4.78 is 53.9. The molecule has 0 saturated heterocycles. The average molecular weight is 455 g/mol. The second-order valence-electron chi connectivity index (χ2n) is 6.59. The maximum absolute atomic E-state index is 13.6. The normalized spacial score (nSPS) is 11.2. The first-order valence-corrected chi connectivity index (χ1v) is 10.8. The highest BCUT2D eigenvalue weighted by atomic mass is 32.2. The Morgan fingerprint density at radius 3 is 2.50 bits per heavy atom. The van der Waals surface area contributed by atoms with Crippen molar-refractivity contribution in [2.24, 2.45) is 0 Å². The molecule has 11 heteroatoms. The van der Waals surface area contributed by atoms with Crippen molar-refractivity contribution in [3.8, 4) is 23.2 Å². The molecule has 0 fully saturated rings. The molecule has 2 heterocycles. The number of halogens is 1. The summed E-state index contributed by atoms with van der Waals surface area (Å²) in [5.74, 6) is 1.44. The number of ether oxygens (including phenoxy) is 2. The molecule has 0 aliphatic heterocycles. The molecule has 164 valence electrons. The lowest BCUT2D eigenvalue weighted by Crippen LogP contribution is -2.14. The first kappa shape index (κ1) is 21.2. The molecule has 0 unspecified atom stereocenters. The van der Waals surface area contributed by atoms with E-state index in [2.05, 4.69) is 19.7 Å². The van der Waals surface area contributed by atoms with Crippen LogP contribution in [0.4, 0.5) is 10.1 Å². The summed E-state index contributed by atoms with van der Waals surface area (Å²) in [6.45, 7) is 1.85. The third-order valence-electron chi connectivity index (χ3n) is 4.44. The third-order valence-corrected chi connectivity index (χ3v) is 5.85. The van der Waals surface area contributed by atoms with Crippen molar-refractivity contribution >= 4 is 15.7 Å². The van der Waals surface area contributed by atoms with Crippen LogP contribution in [0.15, 0.2) is 72.1 Å². The van der Waals surface area contributed by atoms with E-state index >= 15 is 0 Å². The second kappa shape index (κ2) is 8.63. The minimum absolute atomic E-state index is 0.0338. The Morgan fingerprint density at radius 1 is 1.03 bits per heavy atom. The van der Waals surface area contributed by atoms with Gasteiger partial charge >= 0.3 is 0 Å². The Hall–Kier alpha value is -3.99. The molecule has 9 nitrogen and oxygen atoms in total. The molecule has 0 aliphatic rings. The van der Waals surface area contributed by atoms with E-state index < -0.39 is 15.8 Å². The van der Waals surface area contributed by atoms with Crippen LogP contribution in [0.25, 0.3) is 5.82 Å². The van der Waals surface area contributed by atoms with Gasteiger partial charge in [0.15, 0.2) is 0 Å². The third kappa shape index (κ3) is 4.52. The fourth-order valence-electron chi connectivity index (χ4n) is 2.92. The number of rotatable bonds is 7. The molecule has 0 atom stereocenters. The molecule has 0 spiro atoms. The smallest absolute Gasteiger partial charge is 0.265 e. The van der Waals surface area contributed by atoms with Crippen LogP contribution < -0.4 is 14.2 Å². The second-order valence-corrected chi connectivity index (χ2v) is 8.24. The first-order chi connectivity index (χ1) is 15.4. The van der Waals surface area contributed by atoms with Crippen molar-refractivity contribution in [3.63, 3.8) is 0 Å². The van der Waals surface area contributed by atoms with Crippen molar-refractivity contribution < 1.29 is 22.3 Å². The highest BCUT2D eigenvalue weighted by Gasteiger charge is 2.20. The Morgan fingerprint density at radius 2 is 1.81 bits per heavy atom. The topological polar surface area (TPSA) is 108 Å². The number of aromatic nitrogens is 4. The average Bonchev–Trinajstić information content (AvgIpc) is 3.21. The van der Waals surface area contributed by atoms with Gasteiger partial charge in [0.2, 0.25) is 5.88 Å². The number of imidazole rings is 1. The quantitative estimate of drug-likeness (QED) is 0.452. The Labute approximate surface area is 183 Å². The van der Waals surface area contributed by atoms with Gasteiger partial charge in [-0.05, 0) is 49.4 Å². The number of sulfonamides is 1. The van der Waals surface area contributed by atoms with E-state index in [9.17, 15) is 12.8 Å². The van der Waals surface area contributed by atoms with E-state index in [4.69, 9.17) is 9.47 Å². The molecule has 4 aromatic rings. The summed E-state index contributed by atoms with van der Waals surface area (Å²) in [6.07, 6.45) is 4.81. The maximum atomic E-state index is 13.6. The van der Waals surface area contributed by atoms with Gasteiger partial charge in [0.1, 0.15) is 40.2 Å². The summed E-state index contributed by atoms with van der Waals surface area (Å²) in [6, 6.07) is 11.1. The number of nitrogens with zero attached hydrogens (tertiary/aromatic N) is 4. The van der Waals surface area contributed by atoms with Crippen molar-refractivity contribution in [2.45, 2.75) is 11.8 Å². The predicted octanol–water partition coefficient (Wildman–Crippen LogP) is 3.71. The van der Waals surface area contributed by atoms with Crippen LogP contribution in [0, 0.1) is 12.7 Å². The van der Waals surface area contributed by atoms with Crippen molar-refractivity contribution in [1.82, 2.24) is 19.5 Å². The number of benzene rings is 2. The standard InChI is InChI=1S/C21H18FN5O4S/c1-14-23-9-10-27(14)20-12-21(25-13-24-20)31-17-6-4-16(5-7-17)26-32(28,29)19-11-15(22)3-8-18(19)30-2/h3-13,26H,1-2H3. The molecule has 32 heavy (non-hydrogen) atoms. The van der Waals surface area contributed by atoms with Crippen molar-refractivity contribution in [1.29, 1.82) is 0 Å². The molecule has 2 aromatic heterocycles. The van der Waals surface area contributed by atoms with E-state index in [1.165, 1.54) is 31.6 Å². The van der Waals surface area contributed by atoms with Gasteiger partial charge in [-0.25, -0.2) is 27.8 Å². The fourth-order valence-corrected chi connectivity index (χ4v) is 4.16. The van der Waals surface area contributed by atoms with Crippen LogP contribution in [0.1, 0.15) is 5.82 Å². The van der Waals surface area contributed by atoms with Gasteiger partial charge in [0.05, 0.1) is 7.11 Å². The number of hydrogen-bond acceptors (Lipinski definition) is 7. The summed E-state index contributed by atoms with van der Waals surface area (Å²) in [5, 5.41) is 0. The zero-order valence-electron chi connectivity index (χ0n) is 17.1. The molecule has 1 N–H and O–H groups in total. The number of methoxy groups -OCH3 is 1. The monoisotopic (exact) mass is 455 g/mol. The zero-order chi connectivity index (χ0) is 22.7. The van der Waals surface area contributed by atoms with Crippen LogP contribution >= 0.6 is 0 Å². The molecule has 0 bridgehead atoms. The van der Waals surface area contributed by atoms with Crippen LogP contribution in [0.5, 0.6) is 17.4 Å². The van der Waals surface area contributed by atoms with Gasteiger partial charge in [0, 0.05) is 24.1 Å². The SMILES string of the molecule is COc1ccc(F)cc1S(=O)(=O)Nc1ccc(Oc2cc(-n3ccnc3C)ncn2)cc1. The predicted molar refractivity (Wildman–Crippen MR) is 114 cm³/mol. The van der Waals surface area contributed by atoms with Gasteiger partial charge in [-0.1, -0.05) is 0 Å². The van der Waals surface area contributed by atoms with E-state index in [1.807, 2.05) is 6.92 Å². The maximum Gasteiger partial charge on any atom is 0.265 e. The van der Waals surface area contributed by atoms with E-state index in [-0.39, 0.29) is 16.3 Å². The number of anilines is 1. The molecular weight excluding hydrogens is 437 g/mol. The summed E-state index contributed by atoms with van der Waals surface area (Å²) in [4.78, 5) is 12.2. The lowest BCUT2D eigenvalue weighted by atomic mass is 10.3. The number of aryl methyl sites for hydroxylation is 1. The Bertz CT molecular complexity index is 1360. The zero-order valence-corrected chi connectivity index (χ0v) is 17.9. The highest BCUT2D eigenvalue weighted by Crippen LogP contribution is 2.28. The summed E-state index contributed by atoms with van der Waals surface area (Å²) in [5.41, 5.74) is 0.265. The fraction of sp³-hybridized carbons (Fsp3) is 0.0952. The molecule has 0 aliphatic carbocycles. The van der Waals surface area contributed by atoms with Gasteiger partial charge in [0.25, 0.3) is 10.0 Å². The van der Waals surface area contributed by atoms with Crippen LogP contribution in [-0.4, -0.2) is 35.0 Å². The Kier molecular flexibility index (Phi) is 5.73. The largest absolute Gasteiger partial charge is 0.495 e. The van der Waals surface area contributed by atoms with Crippen LogP contribution in [0.3, 0.4) is 0 Å². The summed E-state index contributed by atoms with van der Waals surface area (Å²) >= 11 is 0. The summed E-state index contributed by atoms with van der Waals surface area (Å²) in [7, 11) is -2.76. The molecule has 0 saturated carbocycles. The van der Waals surface area contributed by atoms with E-state index in [0.29, 0.717) is 17.4 Å². The van der Waals surface area contributed by atoms with Crippen LogP contribution in [-0.2, 0) is 10.0 Å². The van der Waals surface area contributed by atoms with Gasteiger partial charge < -0.3 is 9.47 Å². The van der Waals surface area contributed by atoms with E-state index in [0.717, 1.165) is 18.0 Å². The van der Waals surface area contributed by atoms with Gasteiger partial charge in [-0.2, -0.15) is 0 Å². The van der Waals surface area contributed by atoms with E-state index in [1.54, 1.807) is 35.2 Å². The lowest BCUT2D eigenvalue weighted by molar-refractivity contribution is 0.401. The van der Waals surface area contributed by atoms with Gasteiger partial charge in [-0.15, -0.1) is 0 Å². The number of nitrogens with one attached hydrogen (secondary N) is 1. The molecule has 4 rings (SSSR count). The number of hydrogen-bond donors (Lipinski definition) is 1.